The van der Waals surface area contributed by atoms with Crippen LogP contribution in [0.25, 0.3) is 22.4 Å². The topological polar surface area (TPSA) is 106 Å². The van der Waals surface area contributed by atoms with Gasteiger partial charge in [-0.15, -0.1) is 0 Å². The minimum absolute atomic E-state index is 0.0459. The molecule has 3 heterocycles. The number of nitrogens with zero attached hydrogens (tertiary/aromatic N) is 3. The maximum atomic E-state index is 12.5. The number of amides is 2. The molecule has 0 saturated carbocycles. The highest BCUT2D eigenvalue weighted by atomic mass is 16.5. The first kappa shape index (κ1) is 21.0. The lowest BCUT2D eigenvalue weighted by Gasteiger charge is -2.13. The number of pyridine rings is 1. The second-order valence-corrected chi connectivity index (χ2v) is 8.16. The first-order valence-corrected chi connectivity index (χ1v) is 10.9. The van der Waals surface area contributed by atoms with Crippen molar-refractivity contribution in [2.45, 2.75) is 19.8 Å². The molecule has 0 bridgehead atoms. The highest BCUT2D eigenvalue weighted by Crippen LogP contribution is 2.30. The number of anilines is 2. The van der Waals surface area contributed by atoms with Crippen LogP contribution in [-0.4, -0.2) is 40.0 Å². The molecular weight excluding hydrogens is 418 g/mol. The van der Waals surface area contributed by atoms with Gasteiger partial charge in [0.25, 0.3) is 5.91 Å². The Bertz CT molecular complexity index is 1260. The zero-order valence-corrected chi connectivity index (χ0v) is 18.2. The summed E-state index contributed by atoms with van der Waals surface area (Å²) < 4.78 is 5.31. The van der Waals surface area contributed by atoms with Gasteiger partial charge >= 0.3 is 0 Å². The van der Waals surface area contributed by atoms with Crippen LogP contribution in [0.5, 0.6) is 0 Å². The molecule has 8 heteroatoms. The fourth-order valence-corrected chi connectivity index (χ4v) is 3.74. The zero-order chi connectivity index (χ0) is 22.8. The van der Waals surface area contributed by atoms with Crippen LogP contribution in [0.15, 0.2) is 60.6 Å². The second-order valence-electron chi connectivity index (χ2n) is 8.16. The zero-order valence-electron chi connectivity index (χ0n) is 18.2. The summed E-state index contributed by atoms with van der Waals surface area (Å²) in [5.74, 6) is 0.164. The molecule has 2 N–H and O–H groups in total. The highest BCUT2D eigenvalue weighted by molar-refractivity contribution is 6.06. The van der Waals surface area contributed by atoms with Crippen molar-refractivity contribution >= 4 is 23.3 Å². The third-order valence-electron chi connectivity index (χ3n) is 5.73. The Morgan fingerprint density at radius 1 is 1.06 bits per heavy atom. The Balaban J connectivity index is 1.39. The minimum atomic E-state index is -0.127. The predicted molar refractivity (Wildman–Crippen MR) is 124 cm³/mol. The number of ether oxygens (including phenoxy) is 1. The van der Waals surface area contributed by atoms with E-state index in [2.05, 4.69) is 25.6 Å². The van der Waals surface area contributed by atoms with Crippen molar-refractivity contribution < 1.29 is 14.3 Å². The Hall–Kier alpha value is -3.91. The smallest absolute Gasteiger partial charge is 0.252 e. The molecule has 1 aliphatic carbocycles. The van der Waals surface area contributed by atoms with Crippen LogP contribution in [0.3, 0.4) is 0 Å². The van der Waals surface area contributed by atoms with E-state index < -0.39 is 0 Å². The fraction of sp³-hybridized carbons (Fsp3) is 0.240. The van der Waals surface area contributed by atoms with Crippen LogP contribution < -0.4 is 10.6 Å². The van der Waals surface area contributed by atoms with Gasteiger partial charge < -0.3 is 15.4 Å². The van der Waals surface area contributed by atoms with Gasteiger partial charge in [0.15, 0.2) is 0 Å². The van der Waals surface area contributed by atoms with Crippen LogP contribution in [0.1, 0.15) is 18.5 Å². The molecule has 1 saturated heterocycles. The molecular formula is C25H23N5O3. The highest BCUT2D eigenvalue weighted by Gasteiger charge is 2.24. The van der Waals surface area contributed by atoms with Crippen molar-refractivity contribution in [2.24, 2.45) is 5.92 Å². The monoisotopic (exact) mass is 441 g/mol. The van der Waals surface area contributed by atoms with Gasteiger partial charge in [0.05, 0.1) is 30.1 Å². The van der Waals surface area contributed by atoms with Crippen LogP contribution in [0.2, 0.25) is 0 Å². The summed E-state index contributed by atoms with van der Waals surface area (Å²) >= 11 is 0. The normalized spacial score (nSPS) is 16.8. The van der Waals surface area contributed by atoms with Crippen molar-refractivity contribution in [1.82, 2.24) is 15.0 Å². The Labute approximate surface area is 191 Å². The lowest BCUT2D eigenvalue weighted by molar-refractivity contribution is -0.119. The Kier molecular flexibility index (Phi) is 5.66. The molecule has 2 amide bonds. The molecule has 3 aromatic rings. The molecule has 1 fully saturated rings. The summed E-state index contributed by atoms with van der Waals surface area (Å²) in [4.78, 5) is 37.5. The number of allylic oxidation sites excluding steroid dienone is 1. The van der Waals surface area contributed by atoms with Gasteiger partial charge in [0.1, 0.15) is 12.1 Å². The summed E-state index contributed by atoms with van der Waals surface area (Å²) in [5.41, 5.74) is 5.72. The summed E-state index contributed by atoms with van der Waals surface area (Å²) in [6.07, 6.45) is 6.45. The van der Waals surface area contributed by atoms with Gasteiger partial charge in [0.2, 0.25) is 5.91 Å². The van der Waals surface area contributed by atoms with E-state index in [1.807, 2.05) is 43.3 Å². The van der Waals surface area contributed by atoms with Crippen molar-refractivity contribution in [2.75, 3.05) is 23.8 Å². The Morgan fingerprint density at radius 3 is 2.70 bits per heavy atom. The molecule has 1 aliphatic heterocycles. The summed E-state index contributed by atoms with van der Waals surface area (Å²) in [5, 5.41) is 5.76. The number of hydrogen-bond acceptors (Lipinski definition) is 6. The number of benzene rings is 1. The van der Waals surface area contributed by atoms with Gasteiger partial charge in [-0.25, -0.2) is 9.97 Å². The van der Waals surface area contributed by atoms with Crippen LogP contribution in [0, 0.1) is 12.8 Å². The second kappa shape index (κ2) is 8.91. The third-order valence-corrected chi connectivity index (χ3v) is 5.73. The molecule has 166 valence electrons. The quantitative estimate of drug-likeness (QED) is 0.603. The van der Waals surface area contributed by atoms with E-state index in [9.17, 15) is 9.59 Å². The van der Waals surface area contributed by atoms with Gasteiger partial charge in [-0.3, -0.25) is 14.6 Å². The van der Waals surface area contributed by atoms with E-state index in [1.54, 1.807) is 12.3 Å². The average Bonchev–Trinajstić information content (AvgIpc) is 3.54. The van der Waals surface area contributed by atoms with E-state index >= 15 is 0 Å². The number of rotatable bonds is 6. The lowest BCUT2D eigenvalue weighted by Crippen LogP contribution is -2.22. The van der Waals surface area contributed by atoms with Gasteiger partial charge in [0, 0.05) is 35.1 Å². The van der Waals surface area contributed by atoms with E-state index in [4.69, 9.17) is 4.74 Å². The van der Waals surface area contributed by atoms with Crippen LogP contribution >= 0.6 is 0 Å². The number of aromatic nitrogens is 3. The number of nitrogens with one attached hydrogen (secondary N) is 2. The van der Waals surface area contributed by atoms with Crippen molar-refractivity contribution in [3.63, 3.8) is 0 Å². The van der Waals surface area contributed by atoms with Gasteiger partial charge in [-0.05, 0) is 37.5 Å². The lowest BCUT2D eigenvalue weighted by atomic mass is 10.00. The number of carbonyl (C=O) groups excluding carboxylic acids is 2. The number of hydrogen-bond donors (Lipinski definition) is 2. The van der Waals surface area contributed by atoms with E-state index in [0.29, 0.717) is 30.4 Å². The van der Waals surface area contributed by atoms with Crippen LogP contribution in [-0.2, 0) is 14.3 Å². The van der Waals surface area contributed by atoms with E-state index in [0.717, 1.165) is 40.8 Å². The summed E-state index contributed by atoms with van der Waals surface area (Å²) in [7, 11) is 0. The SMILES string of the molecule is Cc1ncc(NC(=O)C2CCOC2)cc1-c1cccc(-c2cc(NC(=O)C3=CC3)ncn2)c1. The first-order valence-electron chi connectivity index (χ1n) is 10.9. The molecule has 2 aliphatic rings. The Morgan fingerprint density at radius 2 is 1.91 bits per heavy atom. The molecule has 0 radical (unpaired) electrons. The maximum Gasteiger partial charge on any atom is 0.252 e. The fourth-order valence-electron chi connectivity index (χ4n) is 3.74. The predicted octanol–water partition coefficient (Wildman–Crippen LogP) is 3.76. The molecule has 0 spiro atoms. The van der Waals surface area contributed by atoms with Gasteiger partial charge in [-0.2, -0.15) is 0 Å². The van der Waals surface area contributed by atoms with Crippen LogP contribution in [0.4, 0.5) is 11.5 Å². The molecule has 5 rings (SSSR count). The minimum Gasteiger partial charge on any atom is -0.381 e. The molecule has 1 aromatic carbocycles. The molecule has 1 unspecified atom stereocenters. The summed E-state index contributed by atoms with van der Waals surface area (Å²) in [6, 6.07) is 11.6. The molecule has 1 atom stereocenters. The maximum absolute atomic E-state index is 12.5. The number of aryl methyl sites for hydroxylation is 1. The largest absolute Gasteiger partial charge is 0.381 e. The van der Waals surface area contributed by atoms with E-state index in [-0.39, 0.29) is 17.7 Å². The summed E-state index contributed by atoms with van der Waals surface area (Å²) in [6.45, 7) is 3.01. The molecule has 2 aromatic heterocycles. The standard InChI is InChI=1S/C25H23N5O3/c1-15-21(10-20(12-26-15)29-25(32)19-7-8-33-13-19)17-3-2-4-18(9-17)22-11-23(28-14-27-22)30-24(31)16-5-6-16/h2-5,9-12,14,19H,6-8,13H2,1H3,(H,29,32)(H,27,28,30,31). The number of carbonyl (C=O) groups is 2. The average molecular weight is 441 g/mol. The molecule has 33 heavy (non-hydrogen) atoms. The van der Waals surface area contributed by atoms with Crippen molar-refractivity contribution in [3.8, 4) is 22.4 Å². The third kappa shape index (κ3) is 4.80. The van der Waals surface area contributed by atoms with Crippen molar-refractivity contribution in [3.05, 3.63) is 66.3 Å². The molecule has 8 nitrogen and oxygen atoms in total. The van der Waals surface area contributed by atoms with Gasteiger partial charge in [-0.1, -0.05) is 24.3 Å². The van der Waals surface area contributed by atoms with E-state index in [1.165, 1.54) is 6.33 Å². The van der Waals surface area contributed by atoms with Crippen molar-refractivity contribution in [1.29, 1.82) is 0 Å². The first-order chi connectivity index (χ1) is 16.1.